The van der Waals surface area contributed by atoms with E-state index >= 15 is 4.39 Å². The van der Waals surface area contributed by atoms with Crippen molar-refractivity contribution in [2.24, 2.45) is 0 Å². The van der Waals surface area contributed by atoms with Gasteiger partial charge in [0.1, 0.15) is 5.75 Å². The second kappa shape index (κ2) is 8.81. The Hall–Kier alpha value is -3.09. The number of carbonyl (C=O) groups is 1. The van der Waals surface area contributed by atoms with Crippen LogP contribution in [0, 0.1) is 5.82 Å². The van der Waals surface area contributed by atoms with Gasteiger partial charge < -0.3 is 20.1 Å². The number of fused-ring (bicyclic) bond motifs is 1. The van der Waals surface area contributed by atoms with Crippen LogP contribution in [0.1, 0.15) is 21.5 Å². The number of rotatable bonds is 6. The Balaban J connectivity index is 1.96. The van der Waals surface area contributed by atoms with Gasteiger partial charge in [-0.25, -0.2) is 4.39 Å². The molecule has 0 aliphatic carbocycles. The van der Waals surface area contributed by atoms with Crippen molar-refractivity contribution in [2.75, 3.05) is 27.7 Å². The smallest absolute Gasteiger partial charge is 0.251 e. The van der Waals surface area contributed by atoms with Gasteiger partial charge in [-0.3, -0.25) is 4.79 Å². The van der Waals surface area contributed by atoms with E-state index in [1.165, 1.54) is 20.2 Å². The Morgan fingerprint density at radius 1 is 1.12 bits per heavy atom. The van der Waals surface area contributed by atoms with E-state index in [1.54, 1.807) is 18.2 Å². The average molecular weight is 455 g/mol. The van der Waals surface area contributed by atoms with Crippen molar-refractivity contribution >= 4 is 17.5 Å². The summed E-state index contributed by atoms with van der Waals surface area (Å²) in [5.41, 5.74) is 1.75. The van der Waals surface area contributed by atoms with Gasteiger partial charge in [-0.15, -0.1) is 0 Å². The number of hydrogen-bond acceptors (Lipinski definition) is 4. The van der Waals surface area contributed by atoms with Crippen molar-refractivity contribution in [3.8, 4) is 22.6 Å². The van der Waals surface area contributed by atoms with Crippen LogP contribution in [-0.4, -0.2) is 33.7 Å². The van der Waals surface area contributed by atoms with Crippen LogP contribution in [0.3, 0.4) is 0 Å². The zero-order valence-corrected chi connectivity index (χ0v) is 18.8. The predicted molar refractivity (Wildman–Crippen MR) is 123 cm³/mol. The fourth-order valence-corrected chi connectivity index (χ4v) is 4.62. The van der Waals surface area contributed by atoms with E-state index in [4.69, 9.17) is 21.1 Å². The lowest BCUT2D eigenvalue weighted by atomic mass is 9.85. The first kappa shape index (κ1) is 22.1. The number of carbonyl (C=O) groups excluding carboxylic acids is 1. The largest absolute Gasteiger partial charge is 0.494 e. The molecule has 0 saturated carbocycles. The third-order valence-electron chi connectivity index (χ3n) is 5.80. The van der Waals surface area contributed by atoms with Crippen LogP contribution in [0.25, 0.3) is 11.1 Å². The molecule has 3 aromatic rings. The molecule has 2 N–H and O–H groups in total. The summed E-state index contributed by atoms with van der Waals surface area (Å²) in [5.74, 6) is -0.424. The van der Waals surface area contributed by atoms with Crippen LogP contribution in [0.15, 0.2) is 54.6 Å². The molecule has 1 heterocycles. The molecule has 0 unspecified atom stereocenters. The summed E-state index contributed by atoms with van der Waals surface area (Å²) in [6, 6.07) is 16.3. The van der Waals surface area contributed by atoms with E-state index in [1.807, 2.05) is 37.4 Å². The SMILES string of the molecule is CNC[C@@]1(c2ccccc2)Cc2c(ccc(Cl)c2-c2c(C(=O)NC)ccc(OC)c2F)O1. The normalized spacial score (nSPS) is 16.9. The first-order valence-corrected chi connectivity index (χ1v) is 10.6. The quantitative estimate of drug-likeness (QED) is 0.573. The number of methoxy groups -OCH3 is 1. The van der Waals surface area contributed by atoms with E-state index in [0.717, 1.165) is 11.1 Å². The molecule has 166 valence electrons. The third-order valence-corrected chi connectivity index (χ3v) is 6.11. The van der Waals surface area contributed by atoms with Crippen LogP contribution in [-0.2, 0) is 12.0 Å². The summed E-state index contributed by atoms with van der Waals surface area (Å²) in [5, 5.41) is 6.12. The molecule has 0 saturated heterocycles. The average Bonchev–Trinajstić information content (AvgIpc) is 3.19. The summed E-state index contributed by atoms with van der Waals surface area (Å²) in [6.07, 6.45) is 0.451. The summed E-state index contributed by atoms with van der Waals surface area (Å²) < 4.78 is 27.3. The maximum Gasteiger partial charge on any atom is 0.251 e. The molecule has 0 aromatic heterocycles. The zero-order chi connectivity index (χ0) is 22.9. The second-order valence-electron chi connectivity index (χ2n) is 7.65. The molecule has 5 nitrogen and oxygen atoms in total. The Morgan fingerprint density at radius 3 is 2.53 bits per heavy atom. The van der Waals surface area contributed by atoms with Crippen molar-refractivity contribution in [3.63, 3.8) is 0 Å². The van der Waals surface area contributed by atoms with Gasteiger partial charge in [0.05, 0.1) is 12.7 Å². The van der Waals surface area contributed by atoms with Crippen LogP contribution >= 0.6 is 11.6 Å². The van der Waals surface area contributed by atoms with E-state index in [-0.39, 0.29) is 16.9 Å². The topological polar surface area (TPSA) is 59.6 Å². The number of likely N-dealkylation sites (N-methyl/N-ethyl adjacent to an activating group) is 1. The number of benzene rings is 3. The molecule has 1 atom stereocenters. The minimum atomic E-state index is -0.694. The maximum absolute atomic E-state index is 15.6. The minimum Gasteiger partial charge on any atom is -0.494 e. The van der Waals surface area contributed by atoms with E-state index in [9.17, 15) is 4.79 Å². The summed E-state index contributed by atoms with van der Waals surface area (Å²) >= 11 is 6.64. The Kier molecular flexibility index (Phi) is 6.09. The van der Waals surface area contributed by atoms with Crippen LogP contribution in [0.2, 0.25) is 5.02 Å². The van der Waals surface area contributed by atoms with Crippen molar-refractivity contribution in [1.29, 1.82) is 0 Å². The summed E-state index contributed by atoms with van der Waals surface area (Å²) in [4.78, 5) is 12.6. The Bertz CT molecular complexity index is 1170. The van der Waals surface area contributed by atoms with E-state index in [2.05, 4.69) is 10.6 Å². The van der Waals surface area contributed by atoms with Crippen molar-refractivity contribution in [1.82, 2.24) is 10.6 Å². The molecular weight excluding hydrogens is 431 g/mol. The number of halogens is 2. The molecule has 1 aliphatic heterocycles. The fraction of sp³-hybridized carbons (Fsp3) is 0.240. The van der Waals surface area contributed by atoms with Crippen molar-refractivity contribution in [3.05, 3.63) is 82.1 Å². The highest BCUT2D eigenvalue weighted by atomic mass is 35.5. The zero-order valence-electron chi connectivity index (χ0n) is 18.1. The first-order chi connectivity index (χ1) is 15.5. The number of hydrogen-bond donors (Lipinski definition) is 2. The molecule has 1 amide bonds. The van der Waals surface area contributed by atoms with Gasteiger partial charge in [0, 0.05) is 41.7 Å². The van der Waals surface area contributed by atoms with Crippen molar-refractivity contribution in [2.45, 2.75) is 12.0 Å². The van der Waals surface area contributed by atoms with Gasteiger partial charge in [-0.05, 0) is 36.9 Å². The van der Waals surface area contributed by atoms with Gasteiger partial charge in [-0.2, -0.15) is 0 Å². The van der Waals surface area contributed by atoms with Gasteiger partial charge >= 0.3 is 0 Å². The monoisotopic (exact) mass is 454 g/mol. The van der Waals surface area contributed by atoms with Crippen molar-refractivity contribution < 1.29 is 18.7 Å². The lowest BCUT2D eigenvalue weighted by Gasteiger charge is -2.29. The molecule has 1 aliphatic rings. The maximum atomic E-state index is 15.6. The van der Waals surface area contributed by atoms with Gasteiger partial charge in [0.25, 0.3) is 5.91 Å². The van der Waals surface area contributed by atoms with Gasteiger partial charge in [-0.1, -0.05) is 41.9 Å². The van der Waals surface area contributed by atoms with E-state index in [0.29, 0.717) is 29.3 Å². The second-order valence-corrected chi connectivity index (χ2v) is 8.06. The summed E-state index contributed by atoms with van der Waals surface area (Å²) in [6.45, 7) is 0.533. The van der Waals surface area contributed by atoms with Gasteiger partial charge in [0.2, 0.25) is 0 Å². The minimum absolute atomic E-state index is 0.0322. The Morgan fingerprint density at radius 2 is 1.88 bits per heavy atom. The highest BCUT2D eigenvalue weighted by Gasteiger charge is 2.43. The Labute approximate surface area is 191 Å². The molecule has 0 fully saturated rings. The number of nitrogens with one attached hydrogen (secondary N) is 2. The molecule has 7 heteroatoms. The fourth-order valence-electron chi connectivity index (χ4n) is 4.35. The molecule has 32 heavy (non-hydrogen) atoms. The summed E-state index contributed by atoms with van der Waals surface area (Å²) in [7, 11) is 4.74. The van der Waals surface area contributed by atoms with E-state index < -0.39 is 17.3 Å². The molecule has 4 rings (SSSR count). The third kappa shape index (κ3) is 3.59. The lowest BCUT2D eigenvalue weighted by molar-refractivity contribution is 0.0942. The number of amides is 1. The lowest BCUT2D eigenvalue weighted by Crippen LogP contribution is -2.41. The first-order valence-electron chi connectivity index (χ1n) is 10.2. The number of ether oxygens (including phenoxy) is 2. The molecule has 0 radical (unpaired) electrons. The highest BCUT2D eigenvalue weighted by molar-refractivity contribution is 6.34. The molecular formula is C25H24ClFN2O3. The van der Waals surface area contributed by atoms with Gasteiger partial charge in [0.15, 0.2) is 17.2 Å². The highest BCUT2D eigenvalue weighted by Crippen LogP contribution is 2.49. The molecule has 0 bridgehead atoms. The standard InChI is InChI=1S/C25H24ClFN2O3/c1-28-14-25(15-7-5-4-6-8-15)13-17-19(32-25)12-10-18(26)21(17)22-16(24(30)29-2)9-11-20(31-3)23(22)27/h4-12,28H,13-14H2,1-3H3,(H,29,30)/t25-/m1/s1. The molecule has 3 aromatic carbocycles. The molecule has 0 spiro atoms. The predicted octanol–water partition coefficient (Wildman–Crippen LogP) is 4.56. The van der Waals surface area contributed by atoms with Crippen LogP contribution in [0.5, 0.6) is 11.5 Å². The van der Waals surface area contributed by atoms with Crippen LogP contribution in [0.4, 0.5) is 4.39 Å². The van der Waals surface area contributed by atoms with Crippen LogP contribution < -0.4 is 20.1 Å².